The third kappa shape index (κ3) is 5.03. The van der Waals surface area contributed by atoms with Gasteiger partial charge >= 0.3 is 24.3 Å². The first-order valence-electron chi connectivity index (χ1n) is 11.1. The highest BCUT2D eigenvalue weighted by atomic mass is 32.2. The lowest BCUT2D eigenvalue weighted by atomic mass is 9.40. The van der Waals surface area contributed by atoms with Crippen LogP contribution in [0.2, 0.25) is 0 Å². The SMILES string of the molecule is Cc1ccc(S(=O)(=O)NC23CC(C(=O)O)(C2)C3)cc1-c1cnc2c(N)nc(C(F)(F)F)cn12.O=C(O)C(F)(F)F. The second-order valence-electron chi connectivity index (χ2n) is 9.63. The number of nitrogens with one attached hydrogen (secondary N) is 1. The van der Waals surface area contributed by atoms with E-state index < -0.39 is 56.8 Å². The van der Waals surface area contributed by atoms with E-state index in [2.05, 4.69) is 14.7 Å². The maximum atomic E-state index is 13.2. The van der Waals surface area contributed by atoms with Crippen molar-refractivity contribution in [3.8, 4) is 11.3 Å². The van der Waals surface area contributed by atoms with E-state index in [1.54, 1.807) is 13.0 Å². The molecule has 0 radical (unpaired) electrons. The topological polar surface area (TPSA) is 177 Å². The second kappa shape index (κ2) is 9.05. The molecular weight excluding hydrogens is 576 g/mol. The van der Waals surface area contributed by atoms with Gasteiger partial charge in [-0.2, -0.15) is 26.3 Å². The van der Waals surface area contributed by atoms with E-state index in [-0.39, 0.29) is 35.5 Å². The van der Waals surface area contributed by atoms with Crippen LogP contribution in [0.5, 0.6) is 0 Å². The van der Waals surface area contributed by atoms with Crippen molar-refractivity contribution >= 4 is 33.4 Å². The van der Waals surface area contributed by atoms with Crippen LogP contribution in [0.1, 0.15) is 30.5 Å². The molecule has 0 unspecified atom stereocenters. The predicted molar refractivity (Wildman–Crippen MR) is 123 cm³/mol. The van der Waals surface area contributed by atoms with Gasteiger partial charge in [-0.3, -0.25) is 9.20 Å². The summed E-state index contributed by atoms with van der Waals surface area (Å²) in [6, 6.07) is 4.28. The average molecular weight is 595 g/mol. The number of nitrogens with two attached hydrogens (primary N) is 1. The molecule has 2 heterocycles. The number of halogens is 6. The van der Waals surface area contributed by atoms with Crippen LogP contribution in [-0.2, 0) is 25.8 Å². The van der Waals surface area contributed by atoms with E-state index in [1.165, 1.54) is 18.3 Å². The second-order valence-corrected chi connectivity index (χ2v) is 11.3. The normalized spacial score (nSPS) is 22.1. The van der Waals surface area contributed by atoms with Crippen LogP contribution in [0, 0.1) is 12.3 Å². The molecule has 0 aliphatic heterocycles. The fraction of sp³-hybridized carbons (Fsp3) is 0.364. The minimum Gasteiger partial charge on any atom is -0.481 e. The first-order valence-corrected chi connectivity index (χ1v) is 12.6. The zero-order valence-electron chi connectivity index (χ0n) is 20.1. The fourth-order valence-electron chi connectivity index (χ4n) is 4.86. The van der Waals surface area contributed by atoms with Crippen molar-refractivity contribution in [3.05, 3.63) is 41.9 Å². The molecule has 0 spiro atoms. The summed E-state index contributed by atoms with van der Waals surface area (Å²) in [7, 11) is -4.01. The number of hydrogen-bond donors (Lipinski definition) is 4. The number of imidazole rings is 1. The van der Waals surface area contributed by atoms with Crippen molar-refractivity contribution in [2.75, 3.05) is 5.73 Å². The lowest BCUT2D eigenvalue weighted by Gasteiger charge is -2.67. The van der Waals surface area contributed by atoms with E-state index in [9.17, 15) is 44.7 Å². The van der Waals surface area contributed by atoms with Crippen molar-refractivity contribution in [2.45, 2.75) is 49.0 Å². The Kier molecular flexibility index (Phi) is 6.57. The number of carbonyl (C=O) groups is 2. The van der Waals surface area contributed by atoms with E-state index in [4.69, 9.17) is 15.6 Å². The van der Waals surface area contributed by atoms with Crippen molar-refractivity contribution in [3.63, 3.8) is 0 Å². The molecule has 0 amide bonds. The highest BCUT2D eigenvalue weighted by Gasteiger charge is 2.73. The number of carboxylic acid groups (broad SMARTS) is 2. The summed E-state index contributed by atoms with van der Waals surface area (Å²) >= 11 is 0. The number of alkyl halides is 6. The lowest BCUT2D eigenvalue weighted by Crippen LogP contribution is -2.76. The molecule has 0 saturated heterocycles. The largest absolute Gasteiger partial charge is 0.490 e. The molecule has 3 aliphatic carbocycles. The Morgan fingerprint density at radius 2 is 1.68 bits per heavy atom. The number of anilines is 1. The molecule has 2 bridgehead atoms. The number of nitrogens with zero attached hydrogens (tertiary/aromatic N) is 3. The molecule has 0 atom stereocenters. The highest BCUT2D eigenvalue weighted by Crippen LogP contribution is 2.67. The monoisotopic (exact) mass is 595 g/mol. The molecular formula is C22H19F6N5O6S. The van der Waals surface area contributed by atoms with Gasteiger partial charge in [0.05, 0.1) is 22.2 Å². The van der Waals surface area contributed by atoms with E-state index in [1.807, 2.05) is 0 Å². The molecule has 216 valence electrons. The standard InChI is InChI=1S/C20H18F3N5O4S.C2HF3O2/c1-10-2-3-11(33(31,32)27-19-7-18(8-19,9-19)17(29)30)4-12(10)13-5-25-16-15(24)26-14(6-28(13)16)20(21,22)23;3-2(4,5)1(6)7/h2-6,27H,7-9H2,1H3,(H2,24,26)(H,29,30);(H,6,7). The van der Waals surface area contributed by atoms with Crippen LogP contribution in [0.25, 0.3) is 16.9 Å². The molecule has 11 nitrogen and oxygen atoms in total. The number of hydrogen-bond acceptors (Lipinski definition) is 7. The summed E-state index contributed by atoms with van der Waals surface area (Å²) in [5, 5.41) is 16.4. The summed E-state index contributed by atoms with van der Waals surface area (Å²) in [5.74, 6) is -4.09. The van der Waals surface area contributed by atoms with Gasteiger partial charge in [0.15, 0.2) is 17.2 Å². The predicted octanol–water partition coefficient (Wildman–Crippen LogP) is 3.22. The number of aromatic nitrogens is 3. The molecule has 3 aliphatic rings. The maximum Gasteiger partial charge on any atom is 0.490 e. The third-order valence-corrected chi connectivity index (χ3v) is 8.26. The number of aliphatic carboxylic acids is 2. The molecule has 18 heteroatoms. The van der Waals surface area contributed by atoms with Gasteiger partial charge in [-0.15, -0.1) is 0 Å². The van der Waals surface area contributed by atoms with E-state index in [0.29, 0.717) is 11.1 Å². The van der Waals surface area contributed by atoms with Crippen LogP contribution >= 0.6 is 0 Å². The summed E-state index contributed by atoms with van der Waals surface area (Å²) < 4.78 is 101. The number of nitrogen functional groups attached to an aromatic ring is 1. The van der Waals surface area contributed by atoms with Crippen LogP contribution < -0.4 is 10.5 Å². The first-order chi connectivity index (χ1) is 18.2. The molecule has 2 aromatic heterocycles. The minimum absolute atomic E-state index is 0.0108. The first kappa shape index (κ1) is 29.1. The van der Waals surface area contributed by atoms with Crippen LogP contribution in [0.4, 0.5) is 32.2 Å². The smallest absolute Gasteiger partial charge is 0.481 e. The Morgan fingerprint density at radius 3 is 2.17 bits per heavy atom. The third-order valence-electron chi connectivity index (χ3n) is 6.68. The number of sulfonamides is 1. The summed E-state index contributed by atoms with van der Waals surface area (Å²) in [6.07, 6.45) is -7.06. The van der Waals surface area contributed by atoms with Crippen molar-refractivity contribution in [2.24, 2.45) is 5.41 Å². The van der Waals surface area contributed by atoms with Gasteiger partial charge in [0.2, 0.25) is 10.0 Å². The van der Waals surface area contributed by atoms with E-state index in [0.717, 1.165) is 10.6 Å². The van der Waals surface area contributed by atoms with Gasteiger partial charge in [-0.05, 0) is 43.9 Å². The molecule has 3 aromatic rings. The molecule has 5 N–H and O–H groups in total. The Balaban J connectivity index is 0.000000470. The Morgan fingerprint density at radius 1 is 1.10 bits per heavy atom. The van der Waals surface area contributed by atoms with Crippen LogP contribution in [-0.4, -0.2) is 56.7 Å². The molecule has 3 saturated carbocycles. The Labute approximate surface area is 220 Å². The molecule has 6 rings (SSSR count). The van der Waals surface area contributed by atoms with Gasteiger partial charge < -0.3 is 15.9 Å². The minimum atomic E-state index is -5.08. The van der Waals surface area contributed by atoms with Gasteiger partial charge in [-0.25, -0.2) is 27.9 Å². The highest BCUT2D eigenvalue weighted by molar-refractivity contribution is 7.89. The molecule has 40 heavy (non-hydrogen) atoms. The van der Waals surface area contributed by atoms with Gasteiger partial charge in [-0.1, -0.05) is 6.07 Å². The van der Waals surface area contributed by atoms with Gasteiger partial charge in [0.25, 0.3) is 0 Å². The average Bonchev–Trinajstić information content (AvgIpc) is 3.19. The number of rotatable bonds is 5. The van der Waals surface area contributed by atoms with Crippen LogP contribution in [0.3, 0.4) is 0 Å². The molecule has 3 fully saturated rings. The Hall–Kier alpha value is -3.93. The van der Waals surface area contributed by atoms with Crippen LogP contribution in [0.15, 0.2) is 35.5 Å². The zero-order chi connectivity index (χ0) is 30.1. The van der Waals surface area contributed by atoms with Crippen molar-refractivity contribution < 1.29 is 54.6 Å². The lowest BCUT2D eigenvalue weighted by molar-refractivity contribution is -0.194. The van der Waals surface area contributed by atoms with E-state index >= 15 is 0 Å². The Bertz CT molecular complexity index is 1630. The number of aryl methyl sites for hydroxylation is 1. The van der Waals surface area contributed by atoms with Gasteiger partial charge in [0.1, 0.15) is 0 Å². The number of benzene rings is 1. The number of fused-ring (bicyclic) bond motifs is 1. The summed E-state index contributed by atoms with van der Waals surface area (Å²) in [5.41, 5.74) is 4.03. The maximum absolute atomic E-state index is 13.2. The number of carboxylic acids is 2. The van der Waals surface area contributed by atoms with Crippen molar-refractivity contribution in [1.29, 1.82) is 0 Å². The van der Waals surface area contributed by atoms with Crippen molar-refractivity contribution in [1.82, 2.24) is 19.1 Å². The quantitative estimate of drug-likeness (QED) is 0.323. The summed E-state index contributed by atoms with van der Waals surface area (Å²) in [4.78, 5) is 27.5. The fourth-order valence-corrected chi connectivity index (χ4v) is 6.28. The zero-order valence-corrected chi connectivity index (χ0v) is 20.9. The molecule has 1 aromatic carbocycles. The summed E-state index contributed by atoms with van der Waals surface area (Å²) in [6.45, 7) is 1.69. The van der Waals surface area contributed by atoms with Gasteiger partial charge in [0, 0.05) is 17.3 Å².